The van der Waals surface area contributed by atoms with Crippen molar-refractivity contribution >= 4 is 112 Å². The lowest BCUT2D eigenvalue weighted by atomic mass is 10.6. The first kappa shape index (κ1) is 34.8. The second-order valence-electron chi connectivity index (χ2n) is 5.83. The number of carbonyl (C=O) groups excluding carboxylic acids is 1. The highest BCUT2D eigenvalue weighted by Crippen LogP contribution is 2.20. The van der Waals surface area contributed by atoms with Crippen molar-refractivity contribution in [2.24, 2.45) is 11.5 Å². The van der Waals surface area contributed by atoms with Crippen molar-refractivity contribution < 1.29 is 10.3 Å². The summed E-state index contributed by atoms with van der Waals surface area (Å²) < 4.78 is 1.36. The van der Waals surface area contributed by atoms with Gasteiger partial charge in [-0.1, -0.05) is 12.8 Å². The normalized spacial score (nSPS) is 9.56. The number of nitrogens with two attached hydrogens (primary N) is 2. The highest BCUT2D eigenvalue weighted by Gasteiger charge is 2.09. The van der Waals surface area contributed by atoms with Crippen LogP contribution in [0.2, 0.25) is 0 Å². The SMILES string of the molecule is Cl.Cl.N=C(N)Nc1nc(CSCCNC(=O)N(S)CCSCc2csc(NC(=N)N)n2)cs1.O. The molecule has 19 heteroatoms. The minimum absolute atomic E-state index is 0. The predicted octanol–water partition coefficient (Wildman–Crippen LogP) is 2.25. The van der Waals surface area contributed by atoms with Crippen molar-refractivity contribution in [3.63, 3.8) is 0 Å². The Hall–Kier alpha value is -1.34. The molecule has 0 aromatic carbocycles. The minimum atomic E-state index is -0.229. The molecule has 0 aliphatic rings. The quantitative estimate of drug-likeness (QED) is 0.0764. The van der Waals surface area contributed by atoms with Crippen molar-refractivity contribution in [3.05, 3.63) is 22.1 Å². The molecule has 0 atom stereocenters. The zero-order chi connectivity index (χ0) is 22.6. The zero-order valence-corrected chi connectivity index (χ0v) is 23.5. The molecule has 0 fully saturated rings. The molecule has 0 aliphatic heterocycles. The maximum atomic E-state index is 12.1. The number of urea groups is 1. The summed E-state index contributed by atoms with van der Waals surface area (Å²) in [6.45, 7) is 1.03. The lowest BCUT2D eigenvalue weighted by Crippen LogP contribution is -2.36. The smallest absolute Gasteiger partial charge is 0.327 e. The van der Waals surface area contributed by atoms with Gasteiger partial charge in [0, 0.05) is 46.9 Å². The average molecular weight is 612 g/mol. The predicted molar refractivity (Wildman–Crippen MR) is 155 cm³/mol. The number of carbonyl (C=O) groups is 1. The molecule has 11 N–H and O–H groups in total. The number of anilines is 2. The molecule has 2 amide bonds. The highest BCUT2D eigenvalue weighted by atomic mass is 35.5. The summed E-state index contributed by atoms with van der Waals surface area (Å²) in [5, 5.41) is 27.5. The van der Waals surface area contributed by atoms with Crippen LogP contribution in [0.15, 0.2) is 10.8 Å². The van der Waals surface area contributed by atoms with Crippen molar-refractivity contribution in [2.75, 3.05) is 35.2 Å². The van der Waals surface area contributed by atoms with Crippen molar-refractivity contribution in [1.82, 2.24) is 19.6 Å². The molecule has 2 aromatic rings. The molecular weight excluding hydrogens is 583 g/mol. The monoisotopic (exact) mass is 610 g/mol. The van der Waals surface area contributed by atoms with E-state index < -0.39 is 0 Å². The van der Waals surface area contributed by atoms with E-state index in [9.17, 15) is 4.79 Å². The number of thioether (sulfide) groups is 2. The second kappa shape index (κ2) is 18.9. The standard InChI is InChI=1S/C15H24N10OS5.2ClH.H2O/c16-11(17)23-13-21-9(7-30-13)5-28-3-1-20-15(26)25(27)2-4-29-6-10-8-31-14(22-10)24-12(18)19;;;/h7-8,27H,1-6H2,(H,20,26)(H4,16,17,21,23)(H4,18,19,22,24);2*1H;1H2. The van der Waals surface area contributed by atoms with Gasteiger partial charge in [-0.3, -0.25) is 15.1 Å². The minimum Gasteiger partial charge on any atom is -0.412 e. The number of rotatable bonds is 12. The molecule has 2 aromatic heterocycles. The molecule has 0 saturated heterocycles. The molecule has 2 rings (SSSR count). The van der Waals surface area contributed by atoms with E-state index in [0.29, 0.717) is 34.9 Å². The Morgan fingerprint density at radius 2 is 1.47 bits per heavy atom. The Labute approximate surface area is 231 Å². The van der Waals surface area contributed by atoms with E-state index in [2.05, 4.69) is 38.7 Å². The first-order valence-electron chi connectivity index (χ1n) is 8.84. The maximum Gasteiger partial charge on any atom is 0.327 e. The van der Waals surface area contributed by atoms with Crippen LogP contribution in [0, 0.1) is 10.8 Å². The van der Waals surface area contributed by atoms with Crippen molar-refractivity contribution in [1.29, 1.82) is 10.8 Å². The van der Waals surface area contributed by atoms with Crippen LogP contribution in [0.5, 0.6) is 0 Å². The number of guanidine groups is 2. The molecule has 34 heavy (non-hydrogen) atoms. The van der Waals surface area contributed by atoms with E-state index in [0.717, 1.165) is 22.9 Å². The molecule has 0 aliphatic carbocycles. The van der Waals surface area contributed by atoms with Crippen LogP contribution in [0.4, 0.5) is 15.1 Å². The number of hydrogen-bond acceptors (Lipinski definition) is 10. The van der Waals surface area contributed by atoms with E-state index >= 15 is 0 Å². The third-order valence-corrected chi connectivity index (χ3v) is 7.25. The fourth-order valence-corrected chi connectivity index (χ4v) is 5.54. The van der Waals surface area contributed by atoms with Gasteiger partial charge in [0.1, 0.15) is 0 Å². The number of hydrogen-bond donors (Lipinski definition) is 8. The van der Waals surface area contributed by atoms with Crippen LogP contribution in [-0.2, 0) is 11.5 Å². The topological polar surface area (TPSA) is 213 Å². The van der Waals surface area contributed by atoms with Crippen LogP contribution in [0.25, 0.3) is 0 Å². The molecule has 0 spiro atoms. The number of nitrogens with zero attached hydrogens (tertiary/aromatic N) is 3. The summed E-state index contributed by atoms with van der Waals surface area (Å²) in [7, 11) is 0. The Bertz CT molecular complexity index is 887. The Morgan fingerprint density at radius 3 is 1.94 bits per heavy atom. The highest BCUT2D eigenvalue weighted by molar-refractivity contribution is 7.98. The molecule has 12 nitrogen and oxygen atoms in total. The van der Waals surface area contributed by atoms with E-state index in [-0.39, 0.29) is 48.2 Å². The van der Waals surface area contributed by atoms with Gasteiger partial charge < -0.3 is 32.9 Å². The molecule has 0 bridgehead atoms. The lowest BCUT2D eigenvalue weighted by Gasteiger charge is -2.16. The van der Waals surface area contributed by atoms with Crippen LogP contribution in [-0.4, -0.2) is 62.3 Å². The Kier molecular flexibility index (Phi) is 19.4. The Balaban J connectivity index is 0. The van der Waals surface area contributed by atoms with E-state index in [1.807, 2.05) is 10.8 Å². The van der Waals surface area contributed by atoms with Gasteiger partial charge in [-0.25, -0.2) is 14.8 Å². The van der Waals surface area contributed by atoms with Gasteiger partial charge in [0.15, 0.2) is 22.2 Å². The number of aromatic nitrogens is 2. The zero-order valence-electron chi connectivity index (χ0n) is 17.7. The number of amides is 2. The van der Waals surface area contributed by atoms with Gasteiger partial charge in [0.25, 0.3) is 0 Å². The van der Waals surface area contributed by atoms with E-state index in [4.69, 9.17) is 22.3 Å². The maximum absolute atomic E-state index is 12.1. The third kappa shape index (κ3) is 14.1. The van der Waals surface area contributed by atoms with E-state index in [1.165, 1.54) is 27.0 Å². The molecule has 0 saturated carbocycles. The number of halogens is 2. The molecule has 0 unspecified atom stereocenters. The molecule has 2 heterocycles. The third-order valence-electron chi connectivity index (χ3n) is 3.29. The van der Waals surface area contributed by atoms with Gasteiger partial charge in [-0.2, -0.15) is 23.5 Å². The van der Waals surface area contributed by atoms with Crippen LogP contribution < -0.4 is 27.4 Å². The van der Waals surface area contributed by atoms with Gasteiger partial charge in [0.05, 0.1) is 11.4 Å². The summed E-state index contributed by atoms with van der Waals surface area (Å²) in [6, 6.07) is -0.229. The first-order chi connectivity index (χ1) is 14.8. The number of thiazole rings is 2. The molecular formula is C15H28Cl2N10O2S5. The van der Waals surface area contributed by atoms with E-state index in [1.54, 1.807) is 23.5 Å². The van der Waals surface area contributed by atoms with Crippen molar-refractivity contribution in [2.45, 2.75) is 11.5 Å². The summed E-state index contributed by atoms with van der Waals surface area (Å²) in [6.07, 6.45) is 0. The molecule has 194 valence electrons. The Morgan fingerprint density at radius 1 is 1.00 bits per heavy atom. The molecule has 0 radical (unpaired) electrons. The van der Waals surface area contributed by atoms with Crippen molar-refractivity contribution in [3.8, 4) is 0 Å². The van der Waals surface area contributed by atoms with Gasteiger partial charge in [0.2, 0.25) is 0 Å². The van der Waals surface area contributed by atoms with Gasteiger partial charge >= 0.3 is 6.03 Å². The van der Waals surface area contributed by atoms with Gasteiger partial charge in [-0.15, -0.1) is 47.5 Å². The fourth-order valence-electron chi connectivity index (χ4n) is 2.02. The summed E-state index contributed by atoms with van der Waals surface area (Å²) in [4.78, 5) is 20.7. The summed E-state index contributed by atoms with van der Waals surface area (Å²) in [5.41, 5.74) is 12.4. The fraction of sp³-hybridized carbons (Fsp3) is 0.400. The number of thiol groups is 1. The first-order valence-corrected chi connectivity index (χ1v) is 13.3. The average Bonchev–Trinajstić information content (AvgIpc) is 3.33. The summed E-state index contributed by atoms with van der Waals surface area (Å²) >= 11 is 10.3. The number of nitrogens with one attached hydrogen (secondary N) is 5. The lowest BCUT2D eigenvalue weighted by molar-refractivity contribution is 0.228. The second-order valence-corrected chi connectivity index (χ2v) is 10.2. The van der Waals surface area contributed by atoms with Crippen LogP contribution in [0.3, 0.4) is 0 Å². The summed E-state index contributed by atoms with van der Waals surface area (Å²) in [5.74, 6) is 2.62. The van der Waals surface area contributed by atoms with Crippen LogP contribution >= 0.6 is 83.8 Å². The van der Waals surface area contributed by atoms with Crippen LogP contribution in [0.1, 0.15) is 11.4 Å². The van der Waals surface area contributed by atoms with Gasteiger partial charge in [-0.05, 0) is 0 Å². The largest absolute Gasteiger partial charge is 0.412 e.